The molecule has 2 aromatic carbocycles. The Morgan fingerprint density at radius 3 is 2.41 bits per heavy atom. The Hall–Kier alpha value is -1.75. The van der Waals surface area contributed by atoms with E-state index in [1.807, 2.05) is 42.5 Å². The van der Waals surface area contributed by atoms with Crippen molar-refractivity contribution in [2.75, 3.05) is 20.8 Å². The number of hydrogen-bond donors (Lipinski definition) is 2. The second-order valence-corrected chi connectivity index (χ2v) is 5.28. The molecule has 1 atom stereocenters. The minimum atomic E-state index is -0.163. The van der Waals surface area contributed by atoms with Crippen LogP contribution in [0.15, 0.2) is 42.5 Å². The number of ether oxygens (including phenoxy) is 2. The van der Waals surface area contributed by atoms with Crippen molar-refractivity contribution in [3.05, 3.63) is 58.6 Å². The first kappa shape index (κ1) is 16.6. The average molecular weight is 322 g/mol. The van der Waals surface area contributed by atoms with Crippen molar-refractivity contribution in [2.45, 2.75) is 12.6 Å². The smallest absolute Gasteiger partial charge is 0.127 e. The van der Waals surface area contributed by atoms with Gasteiger partial charge in [0.25, 0.3) is 0 Å². The van der Waals surface area contributed by atoms with Gasteiger partial charge in [0.1, 0.15) is 11.5 Å². The summed E-state index contributed by atoms with van der Waals surface area (Å²) in [6, 6.07) is 12.9. The van der Waals surface area contributed by atoms with Gasteiger partial charge in [-0.2, -0.15) is 0 Å². The third kappa shape index (κ3) is 4.13. The molecule has 0 aliphatic carbocycles. The lowest BCUT2D eigenvalue weighted by molar-refractivity contribution is 0.243. The molecule has 0 spiro atoms. The fourth-order valence-corrected chi connectivity index (χ4v) is 2.34. The van der Waals surface area contributed by atoms with Crippen LogP contribution in [0.25, 0.3) is 0 Å². The lowest BCUT2D eigenvalue weighted by Gasteiger charge is -2.18. The van der Waals surface area contributed by atoms with Crippen LogP contribution in [0.2, 0.25) is 5.02 Å². The molecule has 0 saturated heterocycles. The molecule has 0 saturated carbocycles. The van der Waals surface area contributed by atoms with Crippen molar-refractivity contribution < 1.29 is 14.6 Å². The van der Waals surface area contributed by atoms with E-state index in [2.05, 4.69) is 5.32 Å². The molecule has 0 radical (unpaired) electrons. The predicted octanol–water partition coefficient (Wildman–Crippen LogP) is 3.18. The number of aliphatic hydroxyl groups is 1. The first-order valence-electron chi connectivity index (χ1n) is 6.98. The standard InChI is InChI=1S/C17H20ClNO3/c1-21-15-8-5-13(17(9-15)22-2)10-19-16(11-20)12-3-6-14(18)7-4-12/h3-9,16,19-20H,10-11H2,1-2H3/t16-/m1/s1. The molecule has 0 amide bonds. The van der Waals surface area contributed by atoms with E-state index in [0.717, 1.165) is 22.6 Å². The van der Waals surface area contributed by atoms with Crippen molar-refractivity contribution in [2.24, 2.45) is 0 Å². The molecular weight excluding hydrogens is 302 g/mol. The van der Waals surface area contributed by atoms with Crippen molar-refractivity contribution >= 4 is 11.6 Å². The lowest BCUT2D eigenvalue weighted by atomic mass is 10.1. The molecule has 2 aromatic rings. The van der Waals surface area contributed by atoms with E-state index in [1.165, 1.54) is 0 Å². The van der Waals surface area contributed by atoms with Gasteiger partial charge in [0.05, 0.1) is 26.9 Å². The van der Waals surface area contributed by atoms with E-state index >= 15 is 0 Å². The second kappa shape index (κ2) is 8.03. The number of methoxy groups -OCH3 is 2. The van der Waals surface area contributed by atoms with E-state index in [9.17, 15) is 5.11 Å². The zero-order chi connectivity index (χ0) is 15.9. The molecular formula is C17H20ClNO3. The highest BCUT2D eigenvalue weighted by molar-refractivity contribution is 6.30. The molecule has 5 heteroatoms. The first-order chi connectivity index (χ1) is 10.7. The van der Waals surface area contributed by atoms with Gasteiger partial charge in [-0.25, -0.2) is 0 Å². The zero-order valence-corrected chi connectivity index (χ0v) is 13.4. The van der Waals surface area contributed by atoms with Crippen molar-refractivity contribution in [1.29, 1.82) is 0 Å². The molecule has 2 rings (SSSR count). The largest absolute Gasteiger partial charge is 0.497 e. The minimum Gasteiger partial charge on any atom is -0.497 e. The third-order valence-electron chi connectivity index (χ3n) is 3.49. The maximum absolute atomic E-state index is 9.59. The number of aliphatic hydroxyl groups excluding tert-OH is 1. The van der Waals surface area contributed by atoms with Gasteiger partial charge in [0.2, 0.25) is 0 Å². The Labute approximate surface area is 135 Å². The highest BCUT2D eigenvalue weighted by atomic mass is 35.5. The molecule has 0 unspecified atom stereocenters. The van der Waals surface area contributed by atoms with Crippen LogP contribution in [-0.2, 0) is 6.54 Å². The Bertz CT molecular complexity index is 601. The zero-order valence-electron chi connectivity index (χ0n) is 12.7. The van der Waals surface area contributed by atoms with Gasteiger partial charge in [-0.05, 0) is 23.8 Å². The Morgan fingerprint density at radius 1 is 1.09 bits per heavy atom. The summed E-state index contributed by atoms with van der Waals surface area (Å²) in [6.07, 6.45) is 0. The van der Waals surface area contributed by atoms with E-state index in [0.29, 0.717) is 11.6 Å². The Balaban J connectivity index is 2.08. The molecule has 0 aromatic heterocycles. The summed E-state index contributed by atoms with van der Waals surface area (Å²) in [5.41, 5.74) is 1.98. The van der Waals surface area contributed by atoms with Crippen LogP contribution in [0.3, 0.4) is 0 Å². The van der Waals surface area contributed by atoms with Crippen LogP contribution in [0.4, 0.5) is 0 Å². The number of rotatable bonds is 7. The van der Waals surface area contributed by atoms with E-state index in [-0.39, 0.29) is 12.6 Å². The van der Waals surface area contributed by atoms with Gasteiger partial charge < -0.3 is 19.9 Å². The van der Waals surface area contributed by atoms with Crippen LogP contribution >= 0.6 is 11.6 Å². The summed E-state index contributed by atoms with van der Waals surface area (Å²) in [4.78, 5) is 0. The number of halogens is 1. The first-order valence-corrected chi connectivity index (χ1v) is 7.36. The lowest BCUT2D eigenvalue weighted by Crippen LogP contribution is -2.24. The molecule has 0 bridgehead atoms. The van der Waals surface area contributed by atoms with Crippen LogP contribution in [0.1, 0.15) is 17.2 Å². The quantitative estimate of drug-likeness (QED) is 0.822. The molecule has 0 aliphatic rings. The Kier molecular flexibility index (Phi) is 6.07. The SMILES string of the molecule is COc1ccc(CN[C@H](CO)c2ccc(Cl)cc2)c(OC)c1. The van der Waals surface area contributed by atoms with Crippen LogP contribution in [0.5, 0.6) is 11.5 Å². The van der Waals surface area contributed by atoms with Gasteiger partial charge in [0, 0.05) is 23.2 Å². The minimum absolute atomic E-state index is 0.000102. The summed E-state index contributed by atoms with van der Waals surface area (Å²) < 4.78 is 10.6. The molecule has 0 aliphatic heterocycles. The molecule has 0 heterocycles. The normalized spacial score (nSPS) is 12.0. The van der Waals surface area contributed by atoms with E-state index < -0.39 is 0 Å². The van der Waals surface area contributed by atoms with E-state index in [1.54, 1.807) is 14.2 Å². The highest BCUT2D eigenvalue weighted by Crippen LogP contribution is 2.25. The van der Waals surface area contributed by atoms with Crippen molar-refractivity contribution in [3.63, 3.8) is 0 Å². The second-order valence-electron chi connectivity index (χ2n) is 4.85. The van der Waals surface area contributed by atoms with Crippen molar-refractivity contribution in [1.82, 2.24) is 5.32 Å². The summed E-state index contributed by atoms with van der Waals surface area (Å²) >= 11 is 5.89. The van der Waals surface area contributed by atoms with Gasteiger partial charge in [-0.1, -0.05) is 29.8 Å². The summed E-state index contributed by atoms with van der Waals surface area (Å²) in [7, 11) is 3.25. The highest BCUT2D eigenvalue weighted by Gasteiger charge is 2.12. The van der Waals surface area contributed by atoms with Crippen molar-refractivity contribution in [3.8, 4) is 11.5 Å². The molecule has 2 N–H and O–H groups in total. The summed E-state index contributed by atoms with van der Waals surface area (Å²) in [5, 5.41) is 13.6. The maximum Gasteiger partial charge on any atom is 0.127 e. The van der Waals surface area contributed by atoms with Gasteiger partial charge >= 0.3 is 0 Å². The number of hydrogen-bond acceptors (Lipinski definition) is 4. The monoisotopic (exact) mass is 321 g/mol. The maximum atomic E-state index is 9.59. The van der Waals surface area contributed by atoms with E-state index in [4.69, 9.17) is 21.1 Å². The third-order valence-corrected chi connectivity index (χ3v) is 3.74. The topological polar surface area (TPSA) is 50.7 Å². The fourth-order valence-electron chi connectivity index (χ4n) is 2.21. The van der Waals surface area contributed by atoms with Crippen LogP contribution in [0, 0.1) is 0 Å². The molecule has 0 fully saturated rings. The summed E-state index contributed by atoms with van der Waals surface area (Å²) in [6.45, 7) is 0.571. The van der Waals surface area contributed by atoms with Gasteiger partial charge in [0.15, 0.2) is 0 Å². The molecule has 22 heavy (non-hydrogen) atoms. The Morgan fingerprint density at radius 2 is 1.82 bits per heavy atom. The van der Waals surface area contributed by atoms with Gasteiger partial charge in [-0.3, -0.25) is 0 Å². The van der Waals surface area contributed by atoms with Crippen LogP contribution < -0.4 is 14.8 Å². The van der Waals surface area contributed by atoms with Crippen LogP contribution in [-0.4, -0.2) is 25.9 Å². The number of nitrogens with one attached hydrogen (secondary N) is 1. The van der Waals surface area contributed by atoms with Gasteiger partial charge in [-0.15, -0.1) is 0 Å². The predicted molar refractivity (Wildman–Crippen MR) is 87.7 cm³/mol. The number of benzene rings is 2. The fraction of sp³-hybridized carbons (Fsp3) is 0.294. The average Bonchev–Trinajstić information content (AvgIpc) is 2.56. The summed E-state index contributed by atoms with van der Waals surface area (Å²) in [5.74, 6) is 1.50. The molecule has 4 nitrogen and oxygen atoms in total. The molecule has 118 valence electrons.